The SMILES string of the molecule is CC(=O)Nc1nc(COC(=O)C2CCN(C(=O)c3ccc(F)cc3F)CC2)cs1. The average Bonchev–Trinajstić information content (AvgIpc) is 3.12. The molecule has 2 aromatic rings. The van der Waals surface area contributed by atoms with Gasteiger partial charge in [0.25, 0.3) is 5.91 Å². The number of rotatable bonds is 5. The number of aromatic nitrogens is 1. The van der Waals surface area contributed by atoms with E-state index >= 15 is 0 Å². The fourth-order valence-corrected chi connectivity index (χ4v) is 3.74. The van der Waals surface area contributed by atoms with Gasteiger partial charge in [0.15, 0.2) is 5.13 Å². The largest absolute Gasteiger partial charge is 0.459 e. The van der Waals surface area contributed by atoms with Crippen molar-refractivity contribution in [1.82, 2.24) is 9.88 Å². The molecule has 0 spiro atoms. The van der Waals surface area contributed by atoms with Gasteiger partial charge < -0.3 is 15.0 Å². The third-order valence-electron chi connectivity index (χ3n) is 4.47. The molecule has 0 saturated carbocycles. The number of benzene rings is 1. The van der Waals surface area contributed by atoms with E-state index in [1.165, 1.54) is 23.2 Å². The molecule has 1 aromatic heterocycles. The zero-order valence-electron chi connectivity index (χ0n) is 15.6. The molecule has 0 aliphatic carbocycles. The first-order valence-corrected chi connectivity index (χ1v) is 9.84. The van der Waals surface area contributed by atoms with Gasteiger partial charge in [0.2, 0.25) is 5.91 Å². The molecule has 0 radical (unpaired) electrons. The summed E-state index contributed by atoms with van der Waals surface area (Å²) in [6.45, 7) is 1.93. The molecule has 0 unspecified atom stereocenters. The second kappa shape index (κ2) is 9.08. The van der Waals surface area contributed by atoms with E-state index < -0.39 is 17.5 Å². The van der Waals surface area contributed by atoms with E-state index in [0.29, 0.717) is 29.7 Å². The Morgan fingerprint density at radius 1 is 1.28 bits per heavy atom. The van der Waals surface area contributed by atoms with Crippen molar-refractivity contribution < 1.29 is 27.9 Å². The number of likely N-dealkylation sites (tertiary alicyclic amines) is 1. The number of esters is 1. The van der Waals surface area contributed by atoms with E-state index in [-0.39, 0.29) is 43.1 Å². The molecule has 2 amide bonds. The molecule has 1 saturated heterocycles. The van der Waals surface area contributed by atoms with Crippen molar-refractivity contribution in [2.24, 2.45) is 5.92 Å². The molecule has 10 heteroatoms. The molecule has 1 aliphatic rings. The molecule has 29 heavy (non-hydrogen) atoms. The summed E-state index contributed by atoms with van der Waals surface area (Å²) in [4.78, 5) is 41.3. The number of nitrogens with zero attached hydrogens (tertiary/aromatic N) is 2. The van der Waals surface area contributed by atoms with Crippen LogP contribution in [0.4, 0.5) is 13.9 Å². The fraction of sp³-hybridized carbons (Fsp3) is 0.368. The Balaban J connectivity index is 1.48. The van der Waals surface area contributed by atoms with Gasteiger partial charge in [-0.3, -0.25) is 14.4 Å². The van der Waals surface area contributed by atoms with E-state index in [1.54, 1.807) is 5.38 Å². The van der Waals surface area contributed by atoms with Crippen LogP contribution in [-0.2, 0) is 20.9 Å². The summed E-state index contributed by atoms with van der Waals surface area (Å²) < 4.78 is 32.1. The summed E-state index contributed by atoms with van der Waals surface area (Å²) in [5.41, 5.74) is 0.345. The second-order valence-electron chi connectivity index (χ2n) is 6.62. The summed E-state index contributed by atoms with van der Waals surface area (Å²) >= 11 is 1.24. The maximum absolute atomic E-state index is 13.8. The molecule has 3 rings (SSSR count). The van der Waals surface area contributed by atoms with Gasteiger partial charge in [-0.05, 0) is 25.0 Å². The van der Waals surface area contributed by atoms with Crippen LogP contribution in [0.1, 0.15) is 35.8 Å². The van der Waals surface area contributed by atoms with Gasteiger partial charge in [0.05, 0.1) is 17.2 Å². The van der Waals surface area contributed by atoms with Crippen LogP contribution in [0.15, 0.2) is 23.6 Å². The quantitative estimate of drug-likeness (QED) is 0.747. The second-order valence-corrected chi connectivity index (χ2v) is 7.48. The highest BCUT2D eigenvalue weighted by molar-refractivity contribution is 7.13. The Kier molecular flexibility index (Phi) is 6.53. The number of halogens is 2. The maximum Gasteiger partial charge on any atom is 0.309 e. The number of hydrogen-bond acceptors (Lipinski definition) is 6. The van der Waals surface area contributed by atoms with Crippen LogP contribution in [-0.4, -0.2) is 40.8 Å². The van der Waals surface area contributed by atoms with Crippen LogP contribution in [0.5, 0.6) is 0 Å². The number of piperidine rings is 1. The normalized spacial score (nSPS) is 14.5. The topological polar surface area (TPSA) is 88.6 Å². The minimum Gasteiger partial charge on any atom is -0.459 e. The van der Waals surface area contributed by atoms with Crippen LogP contribution < -0.4 is 5.32 Å². The lowest BCUT2D eigenvalue weighted by molar-refractivity contribution is -0.151. The van der Waals surface area contributed by atoms with Crippen molar-refractivity contribution in [2.45, 2.75) is 26.4 Å². The highest BCUT2D eigenvalue weighted by Crippen LogP contribution is 2.23. The molecule has 1 aliphatic heterocycles. The number of thiazole rings is 1. The summed E-state index contributed by atoms with van der Waals surface area (Å²) in [5.74, 6) is -3.17. The van der Waals surface area contributed by atoms with E-state index in [4.69, 9.17) is 4.74 Å². The third-order valence-corrected chi connectivity index (χ3v) is 5.28. The Bertz CT molecular complexity index is 926. The number of carbonyl (C=O) groups is 3. The smallest absolute Gasteiger partial charge is 0.309 e. The molecule has 154 valence electrons. The van der Waals surface area contributed by atoms with Crippen molar-refractivity contribution >= 4 is 34.3 Å². The Hall–Kier alpha value is -2.88. The predicted molar refractivity (Wildman–Crippen MR) is 101 cm³/mol. The van der Waals surface area contributed by atoms with Crippen LogP contribution in [0.3, 0.4) is 0 Å². The fourth-order valence-electron chi connectivity index (χ4n) is 3.00. The van der Waals surface area contributed by atoms with Gasteiger partial charge in [-0.2, -0.15) is 0 Å². The number of nitrogens with one attached hydrogen (secondary N) is 1. The lowest BCUT2D eigenvalue weighted by atomic mass is 9.96. The third kappa shape index (κ3) is 5.35. The van der Waals surface area contributed by atoms with Crippen molar-refractivity contribution in [3.8, 4) is 0 Å². The van der Waals surface area contributed by atoms with Gasteiger partial charge in [0, 0.05) is 31.5 Å². The lowest BCUT2D eigenvalue weighted by Crippen LogP contribution is -2.41. The van der Waals surface area contributed by atoms with Gasteiger partial charge in [-0.15, -0.1) is 11.3 Å². The minimum absolute atomic E-state index is 0.00511. The molecule has 7 nitrogen and oxygen atoms in total. The number of amides is 2. The molecular weight excluding hydrogens is 404 g/mol. The van der Waals surface area contributed by atoms with E-state index in [1.807, 2.05) is 0 Å². The van der Waals surface area contributed by atoms with Crippen LogP contribution in [0, 0.1) is 17.6 Å². The highest BCUT2D eigenvalue weighted by atomic mass is 32.1. The van der Waals surface area contributed by atoms with E-state index in [9.17, 15) is 23.2 Å². The monoisotopic (exact) mass is 423 g/mol. The number of ether oxygens (including phenoxy) is 1. The highest BCUT2D eigenvalue weighted by Gasteiger charge is 2.30. The Morgan fingerprint density at radius 2 is 2.00 bits per heavy atom. The maximum atomic E-state index is 13.8. The van der Waals surface area contributed by atoms with Crippen LogP contribution in [0.2, 0.25) is 0 Å². The first-order chi connectivity index (χ1) is 13.8. The van der Waals surface area contributed by atoms with Crippen LogP contribution in [0.25, 0.3) is 0 Å². The number of hydrogen-bond donors (Lipinski definition) is 1. The Labute approximate surface area is 169 Å². The first-order valence-electron chi connectivity index (χ1n) is 8.96. The summed E-state index contributed by atoms with van der Waals surface area (Å²) in [5, 5.41) is 4.68. The van der Waals surface area contributed by atoms with Crippen LogP contribution >= 0.6 is 11.3 Å². The Morgan fingerprint density at radius 3 is 2.66 bits per heavy atom. The summed E-state index contributed by atoms with van der Waals surface area (Å²) in [6.07, 6.45) is 0.781. The lowest BCUT2D eigenvalue weighted by Gasteiger charge is -2.31. The van der Waals surface area contributed by atoms with Crippen molar-refractivity contribution in [3.05, 3.63) is 46.5 Å². The summed E-state index contributed by atoms with van der Waals surface area (Å²) in [6, 6.07) is 2.83. The van der Waals surface area contributed by atoms with E-state index in [0.717, 1.165) is 12.1 Å². The zero-order chi connectivity index (χ0) is 21.0. The van der Waals surface area contributed by atoms with Gasteiger partial charge >= 0.3 is 5.97 Å². The summed E-state index contributed by atoms with van der Waals surface area (Å²) in [7, 11) is 0. The van der Waals surface area contributed by atoms with Gasteiger partial charge in [0.1, 0.15) is 18.2 Å². The standard InChI is InChI=1S/C19H19F2N3O4S/c1-11(25)22-19-23-14(10-29-19)9-28-18(27)12-4-6-24(7-5-12)17(26)15-3-2-13(20)8-16(15)21/h2-3,8,10,12H,4-7,9H2,1H3,(H,22,23,25). The first kappa shape index (κ1) is 20.8. The predicted octanol–water partition coefficient (Wildman–Crippen LogP) is 2.98. The average molecular weight is 423 g/mol. The molecular formula is C19H19F2N3O4S. The molecule has 1 N–H and O–H groups in total. The molecule has 2 heterocycles. The van der Waals surface area contributed by atoms with Crippen molar-refractivity contribution in [1.29, 1.82) is 0 Å². The molecule has 0 bridgehead atoms. The zero-order valence-corrected chi connectivity index (χ0v) is 16.4. The number of carbonyl (C=O) groups excluding carboxylic acids is 3. The van der Waals surface area contributed by atoms with Crippen molar-refractivity contribution in [2.75, 3.05) is 18.4 Å². The van der Waals surface area contributed by atoms with Crippen molar-refractivity contribution in [3.63, 3.8) is 0 Å². The number of anilines is 1. The van der Waals surface area contributed by atoms with Gasteiger partial charge in [-0.1, -0.05) is 0 Å². The molecule has 1 fully saturated rings. The van der Waals surface area contributed by atoms with Gasteiger partial charge in [-0.25, -0.2) is 13.8 Å². The molecule has 0 atom stereocenters. The molecule has 1 aromatic carbocycles. The minimum atomic E-state index is -0.904. The van der Waals surface area contributed by atoms with E-state index in [2.05, 4.69) is 10.3 Å².